The lowest BCUT2D eigenvalue weighted by Crippen LogP contribution is -1.86. The highest BCUT2D eigenvalue weighted by Gasteiger charge is 2.07. The zero-order valence-electron chi connectivity index (χ0n) is 6.60. The van der Waals surface area contributed by atoms with Crippen molar-refractivity contribution in [3.05, 3.63) is 34.3 Å². The van der Waals surface area contributed by atoms with Crippen LogP contribution >= 0.6 is 23.2 Å². The molecule has 0 bridgehead atoms. The second kappa shape index (κ2) is 3.83. The Hall–Kier alpha value is -0.660. The third-order valence-electron chi connectivity index (χ3n) is 1.52. The number of rotatable bonds is 2. The fraction of sp³-hybridized carbons (Fsp3) is 0.111. The van der Waals surface area contributed by atoms with E-state index in [9.17, 15) is 0 Å². The lowest BCUT2D eigenvalue weighted by molar-refractivity contribution is 0.415. The van der Waals surface area contributed by atoms with Crippen LogP contribution < -0.4 is 4.74 Å². The van der Waals surface area contributed by atoms with Crippen LogP contribution in [0.1, 0.15) is 5.56 Å². The Bertz CT molecular complexity index is 308. The van der Waals surface area contributed by atoms with Gasteiger partial charge in [-0.05, 0) is 12.1 Å². The largest absolute Gasteiger partial charge is 0.495 e. The van der Waals surface area contributed by atoms with Crippen molar-refractivity contribution >= 4 is 29.3 Å². The first kappa shape index (κ1) is 9.43. The van der Waals surface area contributed by atoms with E-state index in [2.05, 4.69) is 6.58 Å². The SMILES string of the molecule is C=Cc1c(Cl)ccc(OC)c1Cl. The first-order valence-electron chi connectivity index (χ1n) is 3.35. The Morgan fingerprint density at radius 1 is 1.42 bits per heavy atom. The maximum atomic E-state index is 5.93. The van der Waals surface area contributed by atoms with E-state index < -0.39 is 0 Å². The second-order valence-electron chi connectivity index (χ2n) is 2.18. The van der Waals surface area contributed by atoms with Gasteiger partial charge < -0.3 is 4.74 Å². The minimum absolute atomic E-state index is 0.500. The van der Waals surface area contributed by atoms with E-state index in [0.29, 0.717) is 21.4 Å². The van der Waals surface area contributed by atoms with Gasteiger partial charge in [-0.3, -0.25) is 0 Å². The van der Waals surface area contributed by atoms with Gasteiger partial charge in [-0.2, -0.15) is 0 Å². The summed E-state index contributed by atoms with van der Waals surface area (Å²) in [5, 5.41) is 1.08. The van der Waals surface area contributed by atoms with Crippen molar-refractivity contribution in [2.45, 2.75) is 0 Å². The fourth-order valence-corrected chi connectivity index (χ4v) is 1.50. The summed E-state index contributed by atoms with van der Waals surface area (Å²) >= 11 is 11.8. The molecule has 0 N–H and O–H groups in total. The number of halogens is 2. The Labute approximate surface area is 81.6 Å². The van der Waals surface area contributed by atoms with Gasteiger partial charge >= 0.3 is 0 Å². The van der Waals surface area contributed by atoms with Gasteiger partial charge in [-0.1, -0.05) is 35.9 Å². The normalized spacial score (nSPS) is 9.58. The van der Waals surface area contributed by atoms with Gasteiger partial charge in [-0.25, -0.2) is 0 Å². The molecule has 64 valence electrons. The molecule has 0 heterocycles. The van der Waals surface area contributed by atoms with Crippen molar-refractivity contribution in [1.29, 1.82) is 0 Å². The number of hydrogen-bond donors (Lipinski definition) is 0. The van der Waals surface area contributed by atoms with E-state index >= 15 is 0 Å². The predicted molar refractivity (Wildman–Crippen MR) is 53.1 cm³/mol. The molecular formula is C9H8Cl2O. The van der Waals surface area contributed by atoms with E-state index in [1.54, 1.807) is 25.3 Å². The van der Waals surface area contributed by atoms with Crippen LogP contribution in [0.25, 0.3) is 6.08 Å². The molecule has 3 heteroatoms. The molecule has 0 fully saturated rings. The van der Waals surface area contributed by atoms with Crippen LogP contribution in [0.15, 0.2) is 18.7 Å². The topological polar surface area (TPSA) is 9.23 Å². The van der Waals surface area contributed by atoms with Crippen molar-refractivity contribution in [2.75, 3.05) is 7.11 Å². The van der Waals surface area contributed by atoms with E-state index in [0.717, 1.165) is 0 Å². The zero-order chi connectivity index (χ0) is 9.14. The van der Waals surface area contributed by atoms with Gasteiger partial charge in [0.25, 0.3) is 0 Å². The summed E-state index contributed by atoms with van der Waals surface area (Å²) in [6.07, 6.45) is 1.60. The van der Waals surface area contributed by atoms with Crippen LogP contribution in [0.5, 0.6) is 5.75 Å². The van der Waals surface area contributed by atoms with Crippen molar-refractivity contribution in [3.8, 4) is 5.75 Å². The molecule has 0 aliphatic rings. The summed E-state index contributed by atoms with van der Waals surface area (Å²) in [6.45, 7) is 3.60. The van der Waals surface area contributed by atoms with E-state index in [1.165, 1.54) is 0 Å². The quantitative estimate of drug-likeness (QED) is 0.712. The van der Waals surface area contributed by atoms with Crippen LogP contribution in [0, 0.1) is 0 Å². The maximum Gasteiger partial charge on any atom is 0.138 e. The van der Waals surface area contributed by atoms with Crippen LogP contribution in [0.2, 0.25) is 10.0 Å². The van der Waals surface area contributed by atoms with E-state index in [1.807, 2.05) is 0 Å². The third kappa shape index (κ3) is 1.57. The molecule has 1 rings (SSSR count). The predicted octanol–water partition coefficient (Wildman–Crippen LogP) is 3.65. The molecule has 0 aromatic heterocycles. The monoisotopic (exact) mass is 202 g/mol. The lowest BCUT2D eigenvalue weighted by atomic mass is 10.2. The fourth-order valence-electron chi connectivity index (χ4n) is 0.894. The minimum atomic E-state index is 0.500. The summed E-state index contributed by atoms with van der Waals surface area (Å²) in [6, 6.07) is 3.45. The molecule has 0 aliphatic heterocycles. The Morgan fingerprint density at radius 2 is 2.08 bits per heavy atom. The molecule has 1 nitrogen and oxygen atoms in total. The highest BCUT2D eigenvalue weighted by molar-refractivity contribution is 6.38. The minimum Gasteiger partial charge on any atom is -0.495 e. The Morgan fingerprint density at radius 3 is 2.58 bits per heavy atom. The lowest BCUT2D eigenvalue weighted by Gasteiger charge is -2.06. The summed E-state index contributed by atoms with van der Waals surface area (Å²) in [5.74, 6) is 0.607. The summed E-state index contributed by atoms with van der Waals surface area (Å²) in [7, 11) is 1.56. The molecule has 0 atom stereocenters. The first-order chi connectivity index (χ1) is 5.70. The Kier molecular flexibility index (Phi) is 3.01. The molecule has 0 saturated carbocycles. The molecule has 0 saturated heterocycles. The smallest absolute Gasteiger partial charge is 0.138 e. The van der Waals surface area contributed by atoms with Crippen LogP contribution in [-0.4, -0.2) is 7.11 Å². The highest BCUT2D eigenvalue weighted by atomic mass is 35.5. The molecule has 0 unspecified atom stereocenters. The van der Waals surface area contributed by atoms with Crippen LogP contribution in [-0.2, 0) is 0 Å². The van der Waals surface area contributed by atoms with Crippen molar-refractivity contribution in [1.82, 2.24) is 0 Å². The molecule has 0 spiro atoms. The standard InChI is InChI=1S/C9H8Cl2O/c1-3-6-7(10)4-5-8(12-2)9(6)11/h3-5H,1H2,2H3. The van der Waals surface area contributed by atoms with Crippen LogP contribution in [0.3, 0.4) is 0 Å². The molecule has 0 radical (unpaired) electrons. The molecule has 1 aromatic rings. The molecule has 0 amide bonds. The number of methoxy groups -OCH3 is 1. The summed E-state index contributed by atoms with van der Waals surface area (Å²) in [4.78, 5) is 0. The van der Waals surface area contributed by atoms with Crippen molar-refractivity contribution in [2.24, 2.45) is 0 Å². The summed E-state index contributed by atoms with van der Waals surface area (Å²) < 4.78 is 5.00. The number of hydrogen-bond acceptors (Lipinski definition) is 1. The van der Waals surface area contributed by atoms with Crippen molar-refractivity contribution < 1.29 is 4.74 Å². The summed E-state index contributed by atoms with van der Waals surface area (Å²) in [5.41, 5.74) is 0.706. The van der Waals surface area contributed by atoms with Gasteiger partial charge in [0.1, 0.15) is 5.75 Å². The maximum absolute atomic E-state index is 5.93. The number of ether oxygens (including phenoxy) is 1. The molecule has 0 aliphatic carbocycles. The van der Waals surface area contributed by atoms with Gasteiger partial charge in [0, 0.05) is 10.6 Å². The van der Waals surface area contributed by atoms with Crippen LogP contribution in [0.4, 0.5) is 0 Å². The highest BCUT2D eigenvalue weighted by Crippen LogP contribution is 2.33. The third-order valence-corrected chi connectivity index (χ3v) is 2.23. The van der Waals surface area contributed by atoms with E-state index in [-0.39, 0.29) is 0 Å². The first-order valence-corrected chi connectivity index (χ1v) is 4.10. The van der Waals surface area contributed by atoms with Gasteiger partial charge in [0.05, 0.1) is 12.1 Å². The van der Waals surface area contributed by atoms with Crippen molar-refractivity contribution in [3.63, 3.8) is 0 Å². The number of benzene rings is 1. The van der Waals surface area contributed by atoms with Gasteiger partial charge in [0.2, 0.25) is 0 Å². The Balaban J connectivity index is 3.33. The van der Waals surface area contributed by atoms with Gasteiger partial charge in [-0.15, -0.1) is 0 Å². The zero-order valence-corrected chi connectivity index (χ0v) is 8.12. The van der Waals surface area contributed by atoms with Gasteiger partial charge in [0.15, 0.2) is 0 Å². The second-order valence-corrected chi connectivity index (χ2v) is 2.97. The molecular weight excluding hydrogens is 195 g/mol. The average Bonchev–Trinajstić information content (AvgIpc) is 2.06. The molecule has 12 heavy (non-hydrogen) atoms. The van der Waals surface area contributed by atoms with E-state index in [4.69, 9.17) is 27.9 Å². The average molecular weight is 203 g/mol. The molecule has 1 aromatic carbocycles.